The van der Waals surface area contributed by atoms with E-state index in [1.165, 1.54) is 25.3 Å². The molecule has 2 aromatic heterocycles. The van der Waals surface area contributed by atoms with Gasteiger partial charge in [-0.2, -0.15) is 0 Å². The molecule has 0 saturated heterocycles. The molecular formula is C22H22F2N4. The maximum Gasteiger partial charge on any atom is 0.154 e. The van der Waals surface area contributed by atoms with E-state index in [1.807, 2.05) is 24.8 Å². The number of imidazole rings is 1. The molecule has 0 amide bonds. The first-order valence-electron chi connectivity index (χ1n) is 9.94. The SMILES string of the molecule is FC1=C(F)CC(=c2ncn(C3CCCCC3)c2=C2CC=Nc3[nH]ccc32)C=C1. The Hall–Kier alpha value is -2.76. The Bertz CT molecular complexity index is 1120. The summed E-state index contributed by atoms with van der Waals surface area (Å²) in [6.07, 6.45) is 15.1. The van der Waals surface area contributed by atoms with Crippen LogP contribution in [0, 0.1) is 0 Å². The van der Waals surface area contributed by atoms with E-state index in [0.29, 0.717) is 12.5 Å². The Labute approximate surface area is 161 Å². The highest BCUT2D eigenvalue weighted by molar-refractivity contribution is 5.88. The average Bonchev–Trinajstić information content (AvgIpc) is 3.37. The number of hydrogen-bond acceptors (Lipinski definition) is 2. The van der Waals surface area contributed by atoms with Crippen LogP contribution >= 0.6 is 0 Å². The molecule has 28 heavy (non-hydrogen) atoms. The van der Waals surface area contributed by atoms with Crippen LogP contribution in [-0.2, 0) is 0 Å². The van der Waals surface area contributed by atoms with E-state index in [1.54, 1.807) is 6.08 Å². The van der Waals surface area contributed by atoms with E-state index < -0.39 is 11.7 Å². The van der Waals surface area contributed by atoms with Gasteiger partial charge in [0.1, 0.15) is 11.6 Å². The van der Waals surface area contributed by atoms with Crippen molar-refractivity contribution in [1.29, 1.82) is 0 Å². The van der Waals surface area contributed by atoms with E-state index in [-0.39, 0.29) is 6.42 Å². The number of H-pyrrole nitrogens is 1. The van der Waals surface area contributed by atoms with Crippen molar-refractivity contribution in [2.45, 2.75) is 51.0 Å². The van der Waals surface area contributed by atoms with Gasteiger partial charge >= 0.3 is 0 Å². The van der Waals surface area contributed by atoms with Gasteiger partial charge in [0.05, 0.1) is 17.0 Å². The molecule has 0 atom stereocenters. The molecule has 5 rings (SSSR count). The molecule has 0 radical (unpaired) electrons. The summed E-state index contributed by atoms with van der Waals surface area (Å²) >= 11 is 0. The van der Waals surface area contributed by atoms with E-state index in [9.17, 15) is 8.78 Å². The molecule has 6 heteroatoms. The highest BCUT2D eigenvalue weighted by Gasteiger charge is 2.22. The number of fused-ring (bicyclic) bond motifs is 1. The van der Waals surface area contributed by atoms with Crippen molar-refractivity contribution in [3.05, 3.63) is 58.7 Å². The summed E-state index contributed by atoms with van der Waals surface area (Å²) in [5.74, 6) is -0.680. The quantitative estimate of drug-likeness (QED) is 0.789. The summed E-state index contributed by atoms with van der Waals surface area (Å²) in [6, 6.07) is 2.43. The third-order valence-electron chi connectivity index (χ3n) is 5.95. The Morgan fingerprint density at radius 1 is 1.11 bits per heavy atom. The molecule has 1 N–H and O–H groups in total. The molecule has 0 bridgehead atoms. The fraction of sp³-hybridized carbons (Fsp3) is 0.364. The number of allylic oxidation sites excluding steroid dienone is 4. The van der Waals surface area contributed by atoms with Crippen LogP contribution in [0.15, 0.2) is 47.4 Å². The molecule has 1 fully saturated rings. The largest absolute Gasteiger partial charge is 0.346 e. The highest BCUT2D eigenvalue weighted by Crippen LogP contribution is 2.31. The van der Waals surface area contributed by atoms with Gasteiger partial charge in [0.15, 0.2) is 5.83 Å². The van der Waals surface area contributed by atoms with Crippen molar-refractivity contribution in [2.75, 3.05) is 0 Å². The molecule has 4 nitrogen and oxygen atoms in total. The normalized spacial score (nSPS) is 24.1. The Kier molecular flexibility index (Phi) is 4.34. The lowest BCUT2D eigenvalue weighted by Crippen LogP contribution is -2.37. The van der Waals surface area contributed by atoms with Crippen LogP contribution in [0.25, 0.3) is 11.1 Å². The lowest BCUT2D eigenvalue weighted by molar-refractivity contribution is 0.348. The minimum Gasteiger partial charge on any atom is -0.346 e. The number of aromatic nitrogens is 3. The van der Waals surface area contributed by atoms with Crippen LogP contribution < -0.4 is 10.7 Å². The molecule has 1 saturated carbocycles. The molecule has 3 heterocycles. The number of rotatable bonds is 1. The first kappa shape index (κ1) is 17.3. The second-order valence-electron chi connectivity index (χ2n) is 7.66. The van der Waals surface area contributed by atoms with Crippen LogP contribution in [0.3, 0.4) is 0 Å². The van der Waals surface area contributed by atoms with Crippen molar-refractivity contribution >= 4 is 23.2 Å². The maximum atomic E-state index is 14.0. The summed E-state index contributed by atoms with van der Waals surface area (Å²) in [7, 11) is 0. The molecular weight excluding hydrogens is 358 g/mol. The fourth-order valence-electron chi connectivity index (χ4n) is 4.54. The van der Waals surface area contributed by atoms with E-state index in [0.717, 1.165) is 46.1 Å². The number of halogens is 2. The van der Waals surface area contributed by atoms with Crippen molar-refractivity contribution < 1.29 is 8.78 Å². The highest BCUT2D eigenvalue weighted by atomic mass is 19.2. The van der Waals surface area contributed by atoms with E-state index in [2.05, 4.69) is 14.5 Å². The van der Waals surface area contributed by atoms with E-state index in [4.69, 9.17) is 4.98 Å². The topological polar surface area (TPSA) is 46.0 Å². The van der Waals surface area contributed by atoms with Crippen LogP contribution in [0.5, 0.6) is 0 Å². The summed E-state index contributed by atoms with van der Waals surface area (Å²) < 4.78 is 29.8. The van der Waals surface area contributed by atoms with E-state index >= 15 is 0 Å². The Morgan fingerprint density at radius 2 is 1.96 bits per heavy atom. The smallest absolute Gasteiger partial charge is 0.154 e. The maximum absolute atomic E-state index is 14.0. The molecule has 3 aliphatic rings. The predicted octanol–water partition coefficient (Wildman–Crippen LogP) is 4.28. The third-order valence-corrected chi connectivity index (χ3v) is 5.95. The predicted molar refractivity (Wildman–Crippen MR) is 106 cm³/mol. The molecule has 0 spiro atoms. The van der Waals surface area contributed by atoms with Gasteiger partial charge in [-0.25, -0.2) is 18.8 Å². The zero-order valence-corrected chi connectivity index (χ0v) is 15.6. The van der Waals surface area contributed by atoms with Gasteiger partial charge in [-0.3, -0.25) is 0 Å². The minimum atomic E-state index is -0.789. The molecule has 0 unspecified atom stereocenters. The number of nitrogens with one attached hydrogen (secondary N) is 1. The van der Waals surface area contributed by atoms with Gasteiger partial charge in [-0.1, -0.05) is 25.3 Å². The van der Waals surface area contributed by atoms with Crippen molar-refractivity contribution in [2.24, 2.45) is 4.99 Å². The first-order valence-corrected chi connectivity index (χ1v) is 9.94. The first-order chi connectivity index (χ1) is 13.7. The molecule has 2 aliphatic carbocycles. The lowest BCUT2D eigenvalue weighted by atomic mass is 9.94. The van der Waals surface area contributed by atoms with Crippen LogP contribution in [0.2, 0.25) is 0 Å². The number of aliphatic imine (C=N–C) groups is 1. The van der Waals surface area contributed by atoms with Gasteiger partial charge in [0, 0.05) is 36.9 Å². The molecule has 1 aliphatic heterocycles. The van der Waals surface area contributed by atoms with Crippen molar-refractivity contribution in [3.8, 4) is 0 Å². The summed E-state index contributed by atoms with van der Waals surface area (Å²) in [6.45, 7) is 0. The standard InChI is InChI=1S/C22H22F2N4/c23-18-7-6-14(12-19(18)24)20-21(16-8-10-25-22-17(16)9-11-26-22)28(13-27-20)15-4-2-1-3-5-15/h6-7,9-11,13,15,26H,1-5,8,12H2. The van der Waals surface area contributed by atoms with Gasteiger partial charge in [0.25, 0.3) is 0 Å². The zero-order chi connectivity index (χ0) is 19.1. The van der Waals surface area contributed by atoms with Crippen molar-refractivity contribution in [3.63, 3.8) is 0 Å². The monoisotopic (exact) mass is 380 g/mol. The lowest BCUT2D eigenvalue weighted by Gasteiger charge is -2.24. The zero-order valence-electron chi connectivity index (χ0n) is 15.6. The summed E-state index contributed by atoms with van der Waals surface area (Å²) in [5, 5.41) is 1.77. The number of aromatic amines is 1. The number of nitrogens with zero attached hydrogens (tertiary/aromatic N) is 3. The van der Waals surface area contributed by atoms with Crippen molar-refractivity contribution in [1.82, 2.24) is 14.5 Å². The Morgan fingerprint density at radius 3 is 2.79 bits per heavy atom. The van der Waals surface area contributed by atoms with Crippen LogP contribution in [0.1, 0.15) is 56.6 Å². The Balaban J connectivity index is 1.80. The van der Waals surface area contributed by atoms with Gasteiger partial charge in [0.2, 0.25) is 0 Å². The van der Waals surface area contributed by atoms with Crippen LogP contribution in [-0.4, -0.2) is 20.7 Å². The molecule has 0 aromatic carbocycles. The molecule has 144 valence electrons. The number of hydrogen-bond donors (Lipinski definition) is 1. The fourth-order valence-corrected chi connectivity index (χ4v) is 4.54. The van der Waals surface area contributed by atoms with Gasteiger partial charge < -0.3 is 9.55 Å². The average molecular weight is 380 g/mol. The van der Waals surface area contributed by atoms with Gasteiger partial charge in [-0.05, 0) is 36.1 Å². The second-order valence-corrected chi connectivity index (χ2v) is 7.66. The summed E-state index contributed by atoms with van der Waals surface area (Å²) in [4.78, 5) is 12.3. The second kappa shape index (κ2) is 7.00. The molecule has 2 aromatic rings. The van der Waals surface area contributed by atoms with Crippen LogP contribution in [0.4, 0.5) is 14.6 Å². The minimum absolute atomic E-state index is 0.0572. The van der Waals surface area contributed by atoms with Gasteiger partial charge in [-0.15, -0.1) is 0 Å². The third kappa shape index (κ3) is 2.87. The summed E-state index contributed by atoms with van der Waals surface area (Å²) in [5.41, 5.74) is 2.92.